The average molecular weight is 502 g/mol. The smallest absolute Gasteiger partial charge is 0.340 e. The van der Waals surface area contributed by atoms with Gasteiger partial charge in [-0.25, -0.2) is 4.79 Å². The number of aromatic nitrogens is 1. The van der Waals surface area contributed by atoms with E-state index in [4.69, 9.17) is 4.74 Å². The van der Waals surface area contributed by atoms with Crippen molar-refractivity contribution in [1.29, 1.82) is 0 Å². The molecule has 5 heteroatoms. The second-order valence-electron chi connectivity index (χ2n) is 10.3. The first-order valence-electron chi connectivity index (χ1n) is 12.8. The molecule has 0 bridgehead atoms. The summed E-state index contributed by atoms with van der Waals surface area (Å²) in [5.41, 5.74) is 8.54. The Morgan fingerprint density at radius 1 is 0.763 bits per heavy atom. The minimum atomic E-state index is -1.12. The summed E-state index contributed by atoms with van der Waals surface area (Å²) >= 11 is 0. The summed E-state index contributed by atoms with van der Waals surface area (Å²) in [6.45, 7) is 2.13. The van der Waals surface area contributed by atoms with E-state index >= 15 is 0 Å². The van der Waals surface area contributed by atoms with Gasteiger partial charge in [0.2, 0.25) is 0 Å². The molecule has 5 aromatic rings. The van der Waals surface area contributed by atoms with E-state index < -0.39 is 5.60 Å². The van der Waals surface area contributed by atoms with E-state index in [1.54, 1.807) is 0 Å². The van der Waals surface area contributed by atoms with Gasteiger partial charge in [-0.15, -0.1) is 0 Å². The van der Waals surface area contributed by atoms with Crippen LogP contribution in [0.3, 0.4) is 0 Å². The minimum absolute atomic E-state index is 0.313. The lowest BCUT2D eigenvalue weighted by atomic mass is 9.77. The van der Waals surface area contributed by atoms with Crippen LogP contribution in [-0.2, 0) is 10.3 Å². The maximum atomic E-state index is 13.7. The predicted molar refractivity (Wildman–Crippen MR) is 154 cm³/mol. The van der Waals surface area contributed by atoms with E-state index in [0.717, 1.165) is 50.4 Å². The van der Waals surface area contributed by atoms with Crippen molar-refractivity contribution in [3.05, 3.63) is 125 Å². The summed E-state index contributed by atoms with van der Waals surface area (Å²) < 4.78 is 8.83. The van der Waals surface area contributed by atoms with Crippen molar-refractivity contribution in [2.45, 2.75) is 12.5 Å². The zero-order valence-electron chi connectivity index (χ0n) is 22.4. The number of nitrogens with zero attached hydrogens (tertiary/aromatic N) is 3. The van der Waals surface area contributed by atoms with Crippen LogP contribution in [0.5, 0.6) is 0 Å². The highest BCUT2D eigenvalue weighted by Crippen LogP contribution is 2.53. The Balaban J connectivity index is 1.76. The van der Waals surface area contributed by atoms with E-state index in [0.29, 0.717) is 5.56 Å². The lowest BCUT2D eigenvalue weighted by Gasteiger charge is -2.32. The van der Waals surface area contributed by atoms with Crippen LogP contribution < -0.4 is 9.80 Å². The number of benzene rings is 3. The molecule has 1 aliphatic rings. The Labute approximate surface area is 223 Å². The number of cyclic esters (lactones) is 1. The first kappa shape index (κ1) is 23.9. The number of anilines is 2. The number of fused-ring (bicyclic) bond motifs is 2. The molecule has 0 N–H and O–H groups in total. The Morgan fingerprint density at radius 2 is 1.42 bits per heavy atom. The fourth-order valence-electron chi connectivity index (χ4n) is 5.76. The molecule has 1 atom stereocenters. The van der Waals surface area contributed by atoms with Gasteiger partial charge >= 0.3 is 5.97 Å². The van der Waals surface area contributed by atoms with Crippen LogP contribution in [0.4, 0.5) is 11.4 Å². The van der Waals surface area contributed by atoms with Gasteiger partial charge in [-0.2, -0.15) is 0 Å². The van der Waals surface area contributed by atoms with Gasteiger partial charge in [0.15, 0.2) is 5.60 Å². The summed E-state index contributed by atoms with van der Waals surface area (Å²) in [6, 6.07) is 31.0. The van der Waals surface area contributed by atoms with Crippen LogP contribution in [-0.4, -0.2) is 38.6 Å². The number of carbonyl (C=O) groups is 1. The molecule has 0 spiro atoms. The molecule has 0 fully saturated rings. The Bertz CT molecular complexity index is 1670. The number of ether oxygens (including phenoxy) is 1. The summed E-state index contributed by atoms with van der Waals surface area (Å²) in [5, 5.41) is 0. The minimum Gasteiger partial charge on any atom is -0.440 e. The highest BCUT2D eigenvalue weighted by Gasteiger charge is 2.51. The monoisotopic (exact) mass is 501 g/mol. The quantitative estimate of drug-likeness (QED) is 0.257. The molecule has 3 heterocycles. The molecule has 38 heavy (non-hydrogen) atoms. The molecule has 5 nitrogen and oxygen atoms in total. The number of esters is 1. The predicted octanol–water partition coefficient (Wildman–Crippen LogP) is 6.51. The average Bonchev–Trinajstić information content (AvgIpc) is 3.40. The Hall–Kier alpha value is -4.51. The van der Waals surface area contributed by atoms with Gasteiger partial charge in [-0.05, 0) is 48.9 Å². The second-order valence-corrected chi connectivity index (χ2v) is 10.3. The topological polar surface area (TPSA) is 37.2 Å². The summed E-state index contributed by atoms with van der Waals surface area (Å²) in [6.07, 6.45) is 2.08. The first-order chi connectivity index (χ1) is 18.3. The highest BCUT2D eigenvalue weighted by atomic mass is 16.6. The summed E-state index contributed by atoms with van der Waals surface area (Å²) in [7, 11) is 8.01. The zero-order chi connectivity index (χ0) is 26.6. The molecule has 6 rings (SSSR count). The Morgan fingerprint density at radius 3 is 2.11 bits per heavy atom. The summed E-state index contributed by atoms with van der Waals surface area (Å²) in [5.74, 6) is -0.313. The first-order valence-corrected chi connectivity index (χ1v) is 12.8. The molecule has 0 amide bonds. The maximum Gasteiger partial charge on any atom is 0.340 e. The third-order valence-electron chi connectivity index (χ3n) is 7.66. The van der Waals surface area contributed by atoms with E-state index in [2.05, 4.69) is 89.2 Å². The van der Waals surface area contributed by atoms with Crippen molar-refractivity contribution in [2.24, 2.45) is 0 Å². The summed E-state index contributed by atoms with van der Waals surface area (Å²) in [4.78, 5) is 17.8. The van der Waals surface area contributed by atoms with Gasteiger partial charge in [0.1, 0.15) is 0 Å². The lowest BCUT2D eigenvalue weighted by Crippen LogP contribution is -2.30. The Kier molecular flexibility index (Phi) is 5.53. The van der Waals surface area contributed by atoms with Crippen LogP contribution in [0.1, 0.15) is 32.7 Å². The molecule has 190 valence electrons. The molecule has 0 radical (unpaired) electrons. The van der Waals surface area contributed by atoms with E-state index in [1.807, 2.05) is 57.4 Å². The van der Waals surface area contributed by atoms with Gasteiger partial charge in [0.25, 0.3) is 0 Å². The molecule has 0 aliphatic carbocycles. The molecular formula is C33H31N3O2. The molecular weight excluding hydrogens is 470 g/mol. The highest BCUT2D eigenvalue weighted by molar-refractivity contribution is 5.99. The van der Waals surface area contributed by atoms with Crippen molar-refractivity contribution < 1.29 is 9.53 Å². The largest absolute Gasteiger partial charge is 0.440 e. The van der Waals surface area contributed by atoms with Crippen LogP contribution in [0.2, 0.25) is 0 Å². The van der Waals surface area contributed by atoms with Gasteiger partial charge in [0, 0.05) is 73.7 Å². The number of carbonyl (C=O) groups excluding carboxylic acids is 1. The molecule has 3 aromatic carbocycles. The number of pyridine rings is 1. The number of hydrogen-bond donors (Lipinski definition) is 0. The van der Waals surface area contributed by atoms with Gasteiger partial charge in [-0.1, -0.05) is 54.6 Å². The lowest BCUT2D eigenvalue weighted by molar-refractivity contribution is 0.0257. The SMILES string of the molecule is Cc1c(-c2ccccc2)c(C2(c3ccc(N(C)C)cc3)OC(=O)c3cc(N(C)C)ccc32)c2ccccn12. The van der Waals surface area contributed by atoms with Crippen LogP contribution in [0.15, 0.2) is 97.2 Å². The van der Waals surface area contributed by atoms with Crippen molar-refractivity contribution >= 4 is 22.9 Å². The molecule has 0 saturated carbocycles. The number of rotatable bonds is 5. The third-order valence-corrected chi connectivity index (χ3v) is 7.66. The zero-order valence-corrected chi connectivity index (χ0v) is 22.4. The number of aryl methyl sites for hydroxylation is 1. The van der Waals surface area contributed by atoms with E-state index in [-0.39, 0.29) is 5.97 Å². The fraction of sp³-hybridized carbons (Fsp3) is 0.182. The maximum absolute atomic E-state index is 13.7. The van der Waals surface area contributed by atoms with Crippen molar-refractivity contribution in [3.63, 3.8) is 0 Å². The van der Waals surface area contributed by atoms with Crippen molar-refractivity contribution in [1.82, 2.24) is 4.40 Å². The van der Waals surface area contributed by atoms with Crippen LogP contribution in [0.25, 0.3) is 16.6 Å². The standard InChI is InChI=1S/C33H31N3O2/c1-22-30(23-11-7-6-8-12-23)31(29-13-9-10-20-36(22)29)33(24-14-16-25(17-15-24)34(2)3)28-19-18-26(35(4)5)21-27(28)32(37)38-33/h6-21H,1-5H3. The molecule has 0 saturated heterocycles. The van der Waals surface area contributed by atoms with Crippen LogP contribution >= 0.6 is 0 Å². The van der Waals surface area contributed by atoms with Crippen LogP contribution in [0, 0.1) is 6.92 Å². The normalized spacial score (nSPS) is 16.4. The van der Waals surface area contributed by atoms with Gasteiger partial charge in [-0.3, -0.25) is 0 Å². The van der Waals surface area contributed by atoms with Gasteiger partial charge in [0.05, 0.1) is 11.1 Å². The van der Waals surface area contributed by atoms with Crippen molar-refractivity contribution in [2.75, 3.05) is 38.0 Å². The number of hydrogen-bond acceptors (Lipinski definition) is 4. The molecule has 1 aliphatic heterocycles. The molecule has 2 aromatic heterocycles. The van der Waals surface area contributed by atoms with Gasteiger partial charge < -0.3 is 18.9 Å². The second kappa shape index (κ2) is 8.80. The van der Waals surface area contributed by atoms with E-state index in [9.17, 15) is 4.79 Å². The fourth-order valence-corrected chi connectivity index (χ4v) is 5.76. The molecule has 1 unspecified atom stereocenters. The van der Waals surface area contributed by atoms with E-state index in [1.165, 1.54) is 0 Å². The third kappa shape index (κ3) is 3.42. The van der Waals surface area contributed by atoms with Crippen molar-refractivity contribution in [3.8, 4) is 11.1 Å².